The maximum absolute atomic E-state index is 12.7. The van der Waals surface area contributed by atoms with Crippen LogP contribution in [0.4, 0.5) is 0 Å². The average Bonchev–Trinajstić information content (AvgIpc) is 3.04. The Labute approximate surface area is 141 Å². The molecule has 1 N–H and O–H groups in total. The van der Waals surface area contributed by atoms with Gasteiger partial charge in [0.2, 0.25) is 10.0 Å². The van der Waals surface area contributed by atoms with Crippen LogP contribution in [0, 0.1) is 0 Å². The maximum atomic E-state index is 12.7. The number of amides is 1. The molecule has 6 nitrogen and oxygen atoms in total. The Hall–Kier alpha value is -2.12. The summed E-state index contributed by atoms with van der Waals surface area (Å²) in [6.07, 6.45) is 3.87. The number of hydrogen-bond acceptors (Lipinski definition) is 4. The first-order chi connectivity index (χ1) is 11.4. The number of nitrogens with one attached hydrogen (secondary N) is 1. The Morgan fingerprint density at radius 2 is 1.83 bits per heavy atom. The number of sulfonamides is 1. The SMILES string of the molecule is CS(=O)(=O)NC1CCN(C(=O)c2occc2-c2ccccc2)CC1. The second-order valence-corrected chi connectivity index (χ2v) is 7.77. The number of rotatable bonds is 4. The lowest BCUT2D eigenvalue weighted by atomic mass is 10.0. The van der Waals surface area contributed by atoms with Gasteiger partial charge in [0, 0.05) is 24.7 Å². The van der Waals surface area contributed by atoms with Gasteiger partial charge in [0.1, 0.15) is 0 Å². The number of benzene rings is 1. The Bertz CT molecular complexity index is 806. The molecule has 0 radical (unpaired) electrons. The van der Waals surface area contributed by atoms with Crippen molar-refractivity contribution in [2.24, 2.45) is 0 Å². The number of hydrogen-bond donors (Lipinski definition) is 1. The second-order valence-electron chi connectivity index (χ2n) is 5.99. The fourth-order valence-electron chi connectivity index (χ4n) is 2.97. The predicted octanol–water partition coefficient (Wildman–Crippen LogP) is 2.10. The lowest BCUT2D eigenvalue weighted by Crippen LogP contribution is -2.46. The van der Waals surface area contributed by atoms with E-state index in [9.17, 15) is 13.2 Å². The smallest absolute Gasteiger partial charge is 0.290 e. The summed E-state index contributed by atoms with van der Waals surface area (Å²) in [6.45, 7) is 1.00. The molecule has 3 rings (SSSR count). The molecule has 0 aliphatic carbocycles. The average molecular weight is 348 g/mol. The normalized spacial score (nSPS) is 16.3. The second kappa shape index (κ2) is 6.78. The van der Waals surface area contributed by atoms with Crippen molar-refractivity contribution in [1.29, 1.82) is 0 Å². The summed E-state index contributed by atoms with van der Waals surface area (Å²) in [5, 5.41) is 0. The van der Waals surface area contributed by atoms with E-state index in [0.29, 0.717) is 31.7 Å². The van der Waals surface area contributed by atoms with Gasteiger partial charge < -0.3 is 9.32 Å². The van der Waals surface area contributed by atoms with Crippen LogP contribution in [0.1, 0.15) is 23.4 Å². The zero-order chi connectivity index (χ0) is 17.2. The van der Waals surface area contributed by atoms with E-state index < -0.39 is 10.0 Å². The molecule has 128 valence electrons. The minimum absolute atomic E-state index is 0.116. The highest BCUT2D eigenvalue weighted by atomic mass is 32.2. The molecule has 0 saturated carbocycles. The van der Waals surface area contributed by atoms with Crippen molar-refractivity contribution in [3.05, 3.63) is 48.4 Å². The highest BCUT2D eigenvalue weighted by Crippen LogP contribution is 2.26. The van der Waals surface area contributed by atoms with Crippen LogP contribution in [-0.4, -0.2) is 44.6 Å². The number of piperidine rings is 1. The van der Waals surface area contributed by atoms with Crippen molar-refractivity contribution < 1.29 is 17.6 Å². The van der Waals surface area contributed by atoms with Crippen LogP contribution in [0.5, 0.6) is 0 Å². The van der Waals surface area contributed by atoms with Crippen molar-refractivity contribution in [3.8, 4) is 11.1 Å². The van der Waals surface area contributed by atoms with Crippen molar-refractivity contribution in [2.75, 3.05) is 19.3 Å². The van der Waals surface area contributed by atoms with Crippen LogP contribution >= 0.6 is 0 Å². The van der Waals surface area contributed by atoms with Gasteiger partial charge in [-0.25, -0.2) is 13.1 Å². The van der Waals surface area contributed by atoms with Crippen LogP contribution in [0.15, 0.2) is 47.1 Å². The summed E-state index contributed by atoms with van der Waals surface area (Å²) in [5.74, 6) is 0.174. The fraction of sp³-hybridized carbons (Fsp3) is 0.353. The molecule has 1 fully saturated rings. The predicted molar refractivity (Wildman–Crippen MR) is 91.0 cm³/mol. The zero-order valence-electron chi connectivity index (χ0n) is 13.4. The summed E-state index contributed by atoms with van der Waals surface area (Å²) in [6, 6.07) is 11.3. The molecule has 1 aliphatic heterocycles. The Morgan fingerprint density at radius 3 is 2.46 bits per heavy atom. The quantitative estimate of drug-likeness (QED) is 0.918. The van der Waals surface area contributed by atoms with E-state index in [1.54, 1.807) is 11.0 Å². The van der Waals surface area contributed by atoms with Crippen LogP contribution < -0.4 is 4.72 Å². The Morgan fingerprint density at radius 1 is 1.17 bits per heavy atom. The molecule has 1 saturated heterocycles. The molecule has 0 spiro atoms. The van der Waals surface area contributed by atoms with Crippen LogP contribution in [0.2, 0.25) is 0 Å². The van der Waals surface area contributed by atoms with Gasteiger partial charge >= 0.3 is 0 Å². The van der Waals surface area contributed by atoms with E-state index in [1.165, 1.54) is 6.26 Å². The zero-order valence-corrected chi connectivity index (χ0v) is 14.3. The minimum atomic E-state index is -3.22. The van der Waals surface area contributed by atoms with Gasteiger partial charge in [-0.1, -0.05) is 30.3 Å². The monoisotopic (exact) mass is 348 g/mol. The standard InChI is InChI=1S/C17H20N2O4S/c1-24(21,22)18-14-7-10-19(11-8-14)17(20)16-15(9-12-23-16)13-5-3-2-4-6-13/h2-6,9,12,14,18H,7-8,10-11H2,1H3. The van der Waals surface area contributed by atoms with Crippen molar-refractivity contribution >= 4 is 15.9 Å². The van der Waals surface area contributed by atoms with Crippen LogP contribution in [0.25, 0.3) is 11.1 Å². The number of furan rings is 1. The van der Waals surface area contributed by atoms with E-state index in [2.05, 4.69) is 4.72 Å². The fourth-order valence-corrected chi connectivity index (χ4v) is 3.81. The van der Waals surface area contributed by atoms with E-state index >= 15 is 0 Å². The van der Waals surface area contributed by atoms with Crippen molar-refractivity contribution in [2.45, 2.75) is 18.9 Å². The number of carbonyl (C=O) groups is 1. The van der Waals surface area contributed by atoms with Gasteiger partial charge in [0.15, 0.2) is 5.76 Å². The highest BCUT2D eigenvalue weighted by Gasteiger charge is 2.28. The largest absolute Gasteiger partial charge is 0.459 e. The maximum Gasteiger partial charge on any atom is 0.290 e. The molecule has 1 aromatic carbocycles. The van der Waals surface area contributed by atoms with Gasteiger partial charge in [0.05, 0.1) is 12.5 Å². The molecule has 1 aliphatic rings. The van der Waals surface area contributed by atoms with E-state index in [-0.39, 0.29) is 11.9 Å². The summed E-state index contributed by atoms with van der Waals surface area (Å²) in [7, 11) is -3.22. The first-order valence-electron chi connectivity index (χ1n) is 7.83. The molecule has 7 heteroatoms. The molecular formula is C17H20N2O4S. The third-order valence-electron chi connectivity index (χ3n) is 4.11. The lowest BCUT2D eigenvalue weighted by Gasteiger charge is -2.31. The molecule has 1 amide bonds. The number of carbonyl (C=O) groups excluding carboxylic acids is 1. The molecule has 2 heterocycles. The van der Waals surface area contributed by atoms with Crippen LogP contribution in [0.3, 0.4) is 0 Å². The minimum Gasteiger partial charge on any atom is -0.459 e. The molecule has 0 unspecified atom stereocenters. The van der Waals surface area contributed by atoms with E-state index in [1.807, 2.05) is 30.3 Å². The lowest BCUT2D eigenvalue weighted by molar-refractivity contribution is 0.0680. The van der Waals surface area contributed by atoms with Gasteiger partial charge in [-0.3, -0.25) is 4.79 Å². The van der Waals surface area contributed by atoms with Gasteiger partial charge in [-0.15, -0.1) is 0 Å². The van der Waals surface area contributed by atoms with Crippen LogP contribution in [-0.2, 0) is 10.0 Å². The molecular weight excluding hydrogens is 328 g/mol. The first-order valence-corrected chi connectivity index (χ1v) is 9.72. The van der Waals surface area contributed by atoms with Gasteiger partial charge in [-0.05, 0) is 24.5 Å². The molecule has 2 aromatic rings. The van der Waals surface area contributed by atoms with E-state index in [4.69, 9.17) is 4.42 Å². The molecule has 24 heavy (non-hydrogen) atoms. The summed E-state index contributed by atoms with van der Waals surface area (Å²) < 4.78 is 30.6. The van der Waals surface area contributed by atoms with Crippen molar-refractivity contribution in [3.63, 3.8) is 0 Å². The molecule has 0 bridgehead atoms. The highest BCUT2D eigenvalue weighted by molar-refractivity contribution is 7.88. The third kappa shape index (κ3) is 3.85. The van der Waals surface area contributed by atoms with Gasteiger partial charge in [0.25, 0.3) is 5.91 Å². The first kappa shape index (κ1) is 16.7. The Kier molecular flexibility index (Phi) is 4.73. The van der Waals surface area contributed by atoms with E-state index in [0.717, 1.165) is 17.4 Å². The molecule has 1 aromatic heterocycles. The summed E-state index contributed by atoms with van der Waals surface area (Å²) >= 11 is 0. The number of nitrogens with zero attached hydrogens (tertiary/aromatic N) is 1. The third-order valence-corrected chi connectivity index (χ3v) is 4.87. The molecule has 0 atom stereocenters. The van der Waals surface area contributed by atoms with Crippen molar-refractivity contribution in [1.82, 2.24) is 9.62 Å². The Balaban J connectivity index is 1.70. The summed E-state index contributed by atoms with van der Waals surface area (Å²) in [5.41, 5.74) is 1.71. The topological polar surface area (TPSA) is 79.6 Å². The van der Waals surface area contributed by atoms with Gasteiger partial charge in [-0.2, -0.15) is 0 Å². The number of likely N-dealkylation sites (tertiary alicyclic amines) is 1. The summed E-state index contributed by atoms with van der Waals surface area (Å²) in [4.78, 5) is 14.5.